The predicted octanol–water partition coefficient (Wildman–Crippen LogP) is 5.26. The van der Waals surface area contributed by atoms with Crippen molar-refractivity contribution < 1.29 is 0 Å². The maximum absolute atomic E-state index is 3.79. The van der Waals surface area contributed by atoms with Crippen molar-refractivity contribution in [3.05, 3.63) is 42.0 Å². The van der Waals surface area contributed by atoms with Gasteiger partial charge < -0.3 is 0 Å². The third-order valence-electron chi connectivity index (χ3n) is 3.20. The summed E-state index contributed by atoms with van der Waals surface area (Å²) in [7, 11) is 0. The fourth-order valence-corrected chi connectivity index (χ4v) is 2.25. The Balaban J connectivity index is 2.97. The van der Waals surface area contributed by atoms with Gasteiger partial charge in [-0.2, -0.15) is 0 Å². The molecule has 0 nitrogen and oxygen atoms in total. The minimum Gasteiger partial charge on any atom is -0.0985 e. The van der Waals surface area contributed by atoms with Crippen molar-refractivity contribution in [3.8, 4) is 0 Å². The van der Waals surface area contributed by atoms with Gasteiger partial charge in [-0.25, -0.2) is 0 Å². The standard InChI is InChI=1S/C16H24/c1-6-8-15(16(3,4)5)14-11-9-13(7-2)10-12-14/h7,9-12,15H,2,6,8H2,1,3-5H3. The monoisotopic (exact) mass is 216 g/mol. The van der Waals surface area contributed by atoms with Gasteiger partial charge in [0.15, 0.2) is 0 Å². The Bertz CT molecular complexity index is 324. The lowest BCUT2D eigenvalue weighted by Crippen LogP contribution is -2.18. The minimum atomic E-state index is 0.339. The number of benzene rings is 1. The Morgan fingerprint density at radius 3 is 2.12 bits per heavy atom. The van der Waals surface area contributed by atoms with Crippen molar-refractivity contribution in [2.75, 3.05) is 0 Å². The van der Waals surface area contributed by atoms with Crippen LogP contribution in [0.25, 0.3) is 6.08 Å². The molecule has 0 aliphatic rings. The van der Waals surface area contributed by atoms with Crippen LogP contribution in [0.3, 0.4) is 0 Å². The van der Waals surface area contributed by atoms with Crippen molar-refractivity contribution in [1.82, 2.24) is 0 Å². The second kappa shape index (κ2) is 5.34. The van der Waals surface area contributed by atoms with Crippen LogP contribution < -0.4 is 0 Å². The molecule has 0 radical (unpaired) electrons. The summed E-state index contributed by atoms with van der Waals surface area (Å²) in [6.07, 6.45) is 4.40. The van der Waals surface area contributed by atoms with Crippen molar-refractivity contribution in [2.24, 2.45) is 5.41 Å². The lowest BCUT2D eigenvalue weighted by molar-refractivity contribution is 0.303. The molecule has 0 bridgehead atoms. The summed E-state index contributed by atoms with van der Waals surface area (Å²) in [5.41, 5.74) is 3.00. The summed E-state index contributed by atoms with van der Waals surface area (Å²) >= 11 is 0. The van der Waals surface area contributed by atoms with E-state index in [0.29, 0.717) is 11.3 Å². The number of hydrogen-bond donors (Lipinski definition) is 0. The molecule has 0 heterocycles. The van der Waals surface area contributed by atoms with Gasteiger partial charge in [-0.05, 0) is 28.9 Å². The highest BCUT2D eigenvalue weighted by atomic mass is 14.3. The van der Waals surface area contributed by atoms with Crippen molar-refractivity contribution in [1.29, 1.82) is 0 Å². The first kappa shape index (κ1) is 13.0. The Kier molecular flexibility index (Phi) is 4.35. The van der Waals surface area contributed by atoms with Crippen LogP contribution in [-0.4, -0.2) is 0 Å². The Morgan fingerprint density at radius 2 is 1.75 bits per heavy atom. The van der Waals surface area contributed by atoms with Gasteiger partial charge in [-0.15, -0.1) is 0 Å². The molecular formula is C16H24. The van der Waals surface area contributed by atoms with Gasteiger partial charge in [0.25, 0.3) is 0 Å². The molecule has 0 fully saturated rings. The molecule has 16 heavy (non-hydrogen) atoms. The number of hydrogen-bond acceptors (Lipinski definition) is 0. The second-order valence-corrected chi connectivity index (χ2v) is 5.58. The van der Waals surface area contributed by atoms with E-state index < -0.39 is 0 Å². The van der Waals surface area contributed by atoms with Gasteiger partial charge in [0.1, 0.15) is 0 Å². The largest absolute Gasteiger partial charge is 0.0985 e. The van der Waals surface area contributed by atoms with Gasteiger partial charge in [-0.1, -0.05) is 71.0 Å². The van der Waals surface area contributed by atoms with Gasteiger partial charge >= 0.3 is 0 Å². The molecule has 0 N–H and O–H groups in total. The molecule has 0 saturated carbocycles. The Morgan fingerprint density at radius 1 is 1.19 bits per heavy atom. The Hall–Kier alpha value is -1.04. The minimum absolute atomic E-state index is 0.339. The molecule has 1 aromatic carbocycles. The van der Waals surface area contributed by atoms with Crippen LogP contribution in [0.5, 0.6) is 0 Å². The molecule has 0 aliphatic carbocycles. The van der Waals surface area contributed by atoms with Crippen molar-refractivity contribution in [2.45, 2.75) is 46.5 Å². The first-order chi connectivity index (χ1) is 7.49. The highest BCUT2D eigenvalue weighted by Crippen LogP contribution is 2.38. The van der Waals surface area contributed by atoms with E-state index in [9.17, 15) is 0 Å². The highest BCUT2D eigenvalue weighted by Gasteiger charge is 2.24. The fourth-order valence-electron chi connectivity index (χ4n) is 2.25. The average Bonchev–Trinajstić information content (AvgIpc) is 2.25. The summed E-state index contributed by atoms with van der Waals surface area (Å²) in [6.45, 7) is 13.0. The van der Waals surface area contributed by atoms with Gasteiger partial charge in [0, 0.05) is 0 Å². The zero-order valence-electron chi connectivity index (χ0n) is 11.1. The summed E-state index contributed by atoms with van der Waals surface area (Å²) in [4.78, 5) is 0. The zero-order valence-corrected chi connectivity index (χ0v) is 11.1. The van der Waals surface area contributed by atoms with Crippen molar-refractivity contribution in [3.63, 3.8) is 0 Å². The molecule has 1 aromatic rings. The lowest BCUT2D eigenvalue weighted by atomic mass is 9.74. The third-order valence-corrected chi connectivity index (χ3v) is 3.20. The second-order valence-electron chi connectivity index (χ2n) is 5.58. The summed E-state index contributed by atoms with van der Waals surface area (Å²) in [5, 5.41) is 0. The molecule has 1 rings (SSSR count). The molecule has 0 amide bonds. The third kappa shape index (κ3) is 3.23. The molecule has 0 heteroatoms. The van der Waals surface area contributed by atoms with Crippen LogP contribution in [0.2, 0.25) is 0 Å². The molecule has 0 aliphatic heterocycles. The zero-order chi connectivity index (χ0) is 12.2. The highest BCUT2D eigenvalue weighted by molar-refractivity contribution is 5.47. The normalized spacial score (nSPS) is 13.5. The lowest BCUT2D eigenvalue weighted by Gasteiger charge is -2.31. The van der Waals surface area contributed by atoms with E-state index in [1.165, 1.54) is 24.0 Å². The molecule has 0 saturated heterocycles. The SMILES string of the molecule is C=Cc1ccc(C(CCC)C(C)(C)C)cc1. The molecule has 0 spiro atoms. The quantitative estimate of drug-likeness (QED) is 0.644. The average molecular weight is 216 g/mol. The van der Waals surface area contributed by atoms with E-state index in [0.717, 1.165) is 0 Å². The molecule has 1 atom stereocenters. The fraction of sp³-hybridized carbons (Fsp3) is 0.500. The first-order valence-corrected chi connectivity index (χ1v) is 6.21. The van der Waals surface area contributed by atoms with Gasteiger partial charge in [0.2, 0.25) is 0 Å². The topological polar surface area (TPSA) is 0 Å². The van der Waals surface area contributed by atoms with E-state index in [2.05, 4.69) is 58.5 Å². The number of rotatable bonds is 4. The van der Waals surface area contributed by atoms with Crippen LogP contribution in [0, 0.1) is 5.41 Å². The van der Waals surface area contributed by atoms with E-state index in [1.54, 1.807) is 0 Å². The van der Waals surface area contributed by atoms with Crippen LogP contribution in [0.4, 0.5) is 0 Å². The summed E-state index contributed by atoms with van der Waals surface area (Å²) < 4.78 is 0. The Labute approximate surface area is 100 Å². The van der Waals surface area contributed by atoms with Crippen LogP contribution >= 0.6 is 0 Å². The van der Waals surface area contributed by atoms with E-state index >= 15 is 0 Å². The van der Waals surface area contributed by atoms with Gasteiger partial charge in [-0.3, -0.25) is 0 Å². The van der Waals surface area contributed by atoms with Gasteiger partial charge in [0.05, 0.1) is 0 Å². The van der Waals surface area contributed by atoms with Crippen LogP contribution in [-0.2, 0) is 0 Å². The maximum Gasteiger partial charge on any atom is -0.0113 e. The molecule has 88 valence electrons. The molecule has 1 unspecified atom stereocenters. The van der Waals surface area contributed by atoms with Crippen molar-refractivity contribution >= 4 is 6.08 Å². The smallest absolute Gasteiger partial charge is 0.0113 e. The van der Waals surface area contributed by atoms with E-state index in [4.69, 9.17) is 0 Å². The summed E-state index contributed by atoms with van der Waals surface area (Å²) in [5.74, 6) is 0.649. The predicted molar refractivity (Wildman–Crippen MR) is 73.6 cm³/mol. The first-order valence-electron chi connectivity index (χ1n) is 6.21. The van der Waals surface area contributed by atoms with Crippen LogP contribution in [0.15, 0.2) is 30.8 Å². The summed E-state index contributed by atoms with van der Waals surface area (Å²) in [6, 6.07) is 8.83. The van der Waals surface area contributed by atoms with E-state index in [-0.39, 0.29) is 0 Å². The molecular weight excluding hydrogens is 192 g/mol. The maximum atomic E-state index is 3.79. The molecule has 0 aromatic heterocycles. The van der Waals surface area contributed by atoms with E-state index in [1.807, 2.05) is 6.08 Å². The van der Waals surface area contributed by atoms with Crippen LogP contribution in [0.1, 0.15) is 57.6 Å².